The normalized spacial score (nSPS) is 11.4. The molecule has 2 rings (SSSR count). The predicted molar refractivity (Wildman–Crippen MR) is 72.7 cm³/mol. The zero-order valence-corrected chi connectivity index (χ0v) is 10.2. The average Bonchev–Trinajstić information content (AvgIpc) is 2.28. The van der Waals surface area contributed by atoms with Crippen molar-refractivity contribution in [2.45, 2.75) is 27.2 Å². The number of rotatable bonds is 2. The first-order valence-electron chi connectivity index (χ1n) is 5.89. The molecule has 0 saturated carbocycles. The van der Waals surface area contributed by atoms with Crippen molar-refractivity contribution < 1.29 is 0 Å². The van der Waals surface area contributed by atoms with E-state index >= 15 is 0 Å². The minimum absolute atomic E-state index is 1.09. The van der Waals surface area contributed by atoms with E-state index in [9.17, 15) is 0 Å². The van der Waals surface area contributed by atoms with Crippen LogP contribution in [0.2, 0.25) is 0 Å². The molecule has 0 nitrogen and oxygen atoms in total. The summed E-state index contributed by atoms with van der Waals surface area (Å²) >= 11 is 0. The SMILES string of the molecule is CC/C=C\c1c(C)ccc2cc(C)ccc12. The highest BCUT2D eigenvalue weighted by atomic mass is 14.1. The molecule has 2 aromatic rings. The summed E-state index contributed by atoms with van der Waals surface area (Å²) in [5.41, 5.74) is 4.03. The molecule has 0 aromatic heterocycles. The topological polar surface area (TPSA) is 0 Å². The van der Waals surface area contributed by atoms with Crippen molar-refractivity contribution in [3.05, 3.63) is 53.1 Å². The van der Waals surface area contributed by atoms with Crippen LogP contribution in [-0.2, 0) is 0 Å². The minimum atomic E-state index is 1.09. The van der Waals surface area contributed by atoms with Crippen LogP contribution >= 0.6 is 0 Å². The molecular formula is C16H18. The molecule has 0 heterocycles. The summed E-state index contributed by atoms with van der Waals surface area (Å²) in [6.07, 6.45) is 5.55. The molecule has 82 valence electrons. The fraction of sp³-hybridized carbons (Fsp3) is 0.250. The van der Waals surface area contributed by atoms with Gasteiger partial charge in [0.05, 0.1) is 0 Å². The van der Waals surface area contributed by atoms with Gasteiger partial charge in [0.15, 0.2) is 0 Å². The Balaban J connectivity index is 2.69. The second-order valence-electron chi connectivity index (χ2n) is 4.33. The standard InChI is InChI=1S/C16H18/c1-4-5-6-15-13(3)8-9-14-11-12(2)7-10-16(14)15/h5-11H,4H2,1-3H3/b6-5-. The summed E-state index contributed by atoms with van der Waals surface area (Å²) in [4.78, 5) is 0. The summed E-state index contributed by atoms with van der Waals surface area (Å²) in [6.45, 7) is 6.48. The van der Waals surface area contributed by atoms with E-state index in [-0.39, 0.29) is 0 Å². The van der Waals surface area contributed by atoms with Crippen LogP contribution in [0.15, 0.2) is 36.4 Å². The van der Waals surface area contributed by atoms with Gasteiger partial charge in [0.2, 0.25) is 0 Å². The van der Waals surface area contributed by atoms with E-state index in [1.54, 1.807) is 0 Å². The molecule has 0 spiro atoms. The smallest absolute Gasteiger partial charge is 0.0109 e. The van der Waals surface area contributed by atoms with Crippen molar-refractivity contribution in [2.24, 2.45) is 0 Å². The zero-order chi connectivity index (χ0) is 11.5. The summed E-state index contributed by atoms with van der Waals surface area (Å²) in [7, 11) is 0. The van der Waals surface area contributed by atoms with Crippen molar-refractivity contribution in [2.75, 3.05) is 0 Å². The Morgan fingerprint density at radius 2 is 1.88 bits per heavy atom. The molecule has 0 saturated heterocycles. The van der Waals surface area contributed by atoms with E-state index in [1.807, 2.05) is 0 Å². The van der Waals surface area contributed by atoms with Crippen LogP contribution in [0.1, 0.15) is 30.0 Å². The van der Waals surface area contributed by atoms with E-state index in [2.05, 4.69) is 63.3 Å². The number of aryl methyl sites for hydroxylation is 2. The molecule has 0 fully saturated rings. The average molecular weight is 210 g/mol. The third-order valence-corrected chi connectivity index (χ3v) is 2.96. The molecule has 0 amide bonds. The van der Waals surface area contributed by atoms with Crippen LogP contribution in [0.3, 0.4) is 0 Å². The molecule has 0 N–H and O–H groups in total. The molecule has 0 aliphatic carbocycles. The molecule has 0 atom stereocenters. The lowest BCUT2D eigenvalue weighted by Crippen LogP contribution is -1.85. The van der Waals surface area contributed by atoms with E-state index in [0.717, 1.165) is 6.42 Å². The lowest BCUT2D eigenvalue weighted by Gasteiger charge is -2.07. The summed E-state index contributed by atoms with van der Waals surface area (Å²) in [5, 5.41) is 2.69. The maximum absolute atomic E-state index is 2.25. The predicted octanol–water partition coefficient (Wildman–Crippen LogP) is 4.88. The van der Waals surface area contributed by atoms with Crippen molar-refractivity contribution in [1.29, 1.82) is 0 Å². The van der Waals surface area contributed by atoms with Gasteiger partial charge in [-0.25, -0.2) is 0 Å². The van der Waals surface area contributed by atoms with E-state index in [1.165, 1.54) is 27.5 Å². The molecule has 2 aromatic carbocycles. The van der Waals surface area contributed by atoms with Crippen molar-refractivity contribution >= 4 is 16.8 Å². The van der Waals surface area contributed by atoms with Gasteiger partial charge in [0.1, 0.15) is 0 Å². The molecule has 0 bridgehead atoms. The summed E-state index contributed by atoms with van der Waals surface area (Å²) in [6, 6.07) is 11.1. The molecule has 16 heavy (non-hydrogen) atoms. The quantitative estimate of drug-likeness (QED) is 0.662. The van der Waals surface area contributed by atoms with Crippen LogP contribution in [0.4, 0.5) is 0 Å². The third-order valence-electron chi connectivity index (χ3n) is 2.96. The first-order valence-corrected chi connectivity index (χ1v) is 5.89. The summed E-state index contributed by atoms with van der Waals surface area (Å²) < 4.78 is 0. The van der Waals surface area contributed by atoms with Gasteiger partial charge in [-0.15, -0.1) is 0 Å². The first kappa shape index (κ1) is 10.9. The largest absolute Gasteiger partial charge is 0.0842 e. The maximum atomic E-state index is 2.25. The second-order valence-corrected chi connectivity index (χ2v) is 4.33. The Hall–Kier alpha value is -1.56. The highest BCUT2D eigenvalue weighted by Crippen LogP contribution is 2.24. The molecule has 0 aliphatic rings. The summed E-state index contributed by atoms with van der Waals surface area (Å²) in [5.74, 6) is 0. The van der Waals surface area contributed by atoms with E-state index < -0.39 is 0 Å². The van der Waals surface area contributed by atoms with Crippen LogP contribution in [0, 0.1) is 13.8 Å². The fourth-order valence-electron chi connectivity index (χ4n) is 2.04. The lowest BCUT2D eigenvalue weighted by molar-refractivity contribution is 1.23. The highest BCUT2D eigenvalue weighted by Gasteiger charge is 2.01. The fourth-order valence-corrected chi connectivity index (χ4v) is 2.04. The van der Waals surface area contributed by atoms with Gasteiger partial charge in [-0.2, -0.15) is 0 Å². The Bertz CT molecular complexity index is 533. The van der Waals surface area contributed by atoms with Gasteiger partial charge in [-0.1, -0.05) is 55.0 Å². The van der Waals surface area contributed by atoms with Crippen LogP contribution < -0.4 is 0 Å². The highest BCUT2D eigenvalue weighted by molar-refractivity contribution is 5.92. The van der Waals surface area contributed by atoms with Crippen LogP contribution in [-0.4, -0.2) is 0 Å². The molecule has 0 aliphatic heterocycles. The molecule has 0 heteroatoms. The number of benzene rings is 2. The molecular weight excluding hydrogens is 192 g/mol. The third kappa shape index (κ3) is 2.01. The second kappa shape index (κ2) is 4.52. The number of hydrogen-bond donors (Lipinski definition) is 0. The van der Waals surface area contributed by atoms with Crippen molar-refractivity contribution in [1.82, 2.24) is 0 Å². The van der Waals surface area contributed by atoms with E-state index in [4.69, 9.17) is 0 Å². The maximum Gasteiger partial charge on any atom is -0.0109 e. The van der Waals surface area contributed by atoms with Crippen LogP contribution in [0.5, 0.6) is 0 Å². The van der Waals surface area contributed by atoms with Gasteiger partial charge in [0.25, 0.3) is 0 Å². The van der Waals surface area contributed by atoms with Gasteiger partial charge >= 0.3 is 0 Å². The van der Waals surface area contributed by atoms with E-state index in [0.29, 0.717) is 0 Å². The number of fused-ring (bicyclic) bond motifs is 1. The molecule has 0 unspecified atom stereocenters. The van der Waals surface area contributed by atoms with Crippen LogP contribution in [0.25, 0.3) is 16.8 Å². The van der Waals surface area contributed by atoms with Crippen molar-refractivity contribution in [3.63, 3.8) is 0 Å². The monoisotopic (exact) mass is 210 g/mol. The Morgan fingerprint density at radius 3 is 2.62 bits per heavy atom. The Kier molecular flexibility index (Phi) is 3.09. The Morgan fingerprint density at radius 1 is 1.06 bits per heavy atom. The number of allylic oxidation sites excluding steroid dienone is 1. The zero-order valence-electron chi connectivity index (χ0n) is 10.2. The van der Waals surface area contributed by atoms with Gasteiger partial charge in [0, 0.05) is 0 Å². The lowest BCUT2D eigenvalue weighted by atomic mass is 9.98. The van der Waals surface area contributed by atoms with Crippen molar-refractivity contribution in [3.8, 4) is 0 Å². The van der Waals surface area contributed by atoms with Gasteiger partial charge in [-0.3, -0.25) is 0 Å². The van der Waals surface area contributed by atoms with Gasteiger partial charge < -0.3 is 0 Å². The molecule has 0 radical (unpaired) electrons. The first-order chi connectivity index (χ1) is 7.72. The Labute approximate surface area is 97.6 Å². The van der Waals surface area contributed by atoms with Gasteiger partial charge in [-0.05, 0) is 42.2 Å². The minimum Gasteiger partial charge on any atom is -0.0842 e. The number of hydrogen-bond acceptors (Lipinski definition) is 0.